The fraction of sp³-hybridized carbons (Fsp3) is 0.278. The molecule has 26 heavy (non-hydrogen) atoms. The van der Waals surface area contributed by atoms with E-state index >= 15 is 0 Å². The summed E-state index contributed by atoms with van der Waals surface area (Å²) in [5, 5.41) is 14.6. The molecule has 3 rings (SSSR count). The maximum absolute atomic E-state index is 12.2. The summed E-state index contributed by atoms with van der Waals surface area (Å²) in [6.45, 7) is 6.14. The van der Waals surface area contributed by atoms with E-state index in [-0.39, 0.29) is 18.2 Å². The Morgan fingerprint density at radius 2 is 2.12 bits per heavy atom. The van der Waals surface area contributed by atoms with Gasteiger partial charge in [-0.3, -0.25) is 14.3 Å². The maximum Gasteiger partial charge on any atom is 0.331 e. The van der Waals surface area contributed by atoms with Gasteiger partial charge in [-0.15, -0.1) is 6.58 Å². The van der Waals surface area contributed by atoms with E-state index in [2.05, 4.69) is 22.1 Å². The highest BCUT2D eigenvalue weighted by Gasteiger charge is 2.27. The van der Waals surface area contributed by atoms with Crippen LogP contribution in [0.5, 0.6) is 11.6 Å². The molecule has 2 aromatic rings. The molecule has 1 aromatic heterocycles. The third-order valence-corrected chi connectivity index (χ3v) is 4.12. The van der Waals surface area contributed by atoms with Crippen molar-refractivity contribution in [1.29, 1.82) is 0 Å². The van der Waals surface area contributed by atoms with Crippen LogP contribution in [0.3, 0.4) is 0 Å². The topological polar surface area (TPSA) is 109 Å². The van der Waals surface area contributed by atoms with Crippen molar-refractivity contribution in [3.63, 3.8) is 0 Å². The monoisotopic (exact) mass is 356 g/mol. The zero-order valence-corrected chi connectivity index (χ0v) is 14.4. The predicted molar refractivity (Wildman–Crippen MR) is 97.8 cm³/mol. The van der Waals surface area contributed by atoms with Crippen molar-refractivity contribution in [3.8, 4) is 11.6 Å². The third-order valence-electron chi connectivity index (χ3n) is 4.12. The standard InChI is InChI=1S/C18H20N4O4/c1-3-9-22-17(24)15(16(23)19-18(22)25)14-10-13(20-21-14)11-5-7-12(8-6-11)26-4-2/h3,5-8,13,20,24H,1,4,9-10H2,2H3,(H,19,23,25). The van der Waals surface area contributed by atoms with Crippen LogP contribution in [0.2, 0.25) is 0 Å². The molecule has 1 aliphatic heterocycles. The molecule has 1 unspecified atom stereocenters. The molecule has 0 spiro atoms. The molecule has 0 fully saturated rings. The van der Waals surface area contributed by atoms with Gasteiger partial charge < -0.3 is 15.3 Å². The van der Waals surface area contributed by atoms with Gasteiger partial charge in [-0.1, -0.05) is 18.2 Å². The fourth-order valence-corrected chi connectivity index (χ4v) is 2.87. The molecule has 1 aliphatic rings. The van der Waals surface area contributed by atoms with Crippen molar-refractivity contribution in [1.82, 2.24) is 15.0 Å². The molecule has 3 N–H and O–H groups in total. The van der Waals surface area contributed by atoms with Gasteiger partial charge in [0, 0.05) is 13.0 Å². The molecule has 8 heteroatoms. The average Bonchev–Trinajstić information content (AvgIpc) is 3.09. The summed E-state index contributed by atoms with van der Waals surface area (Å²) >= 11 is 0. The SMILES string of the molecule is C=CCn1c(O)c(C2=NNC(c3ccc(OCC)cc3)C2)c(=O)[nH]c1=O. The van der Waals surface area contributed by atoms with Crippen molar-refractivity contribution in [2.24, 2.45) is 5.10 Å². The minimum atomic E-state index is -0.689. The molecule has 2 heterocycles. The van der Waals surface area contributed by atoms with E-state index in [0.717, 1.165) is 15.9 Å². The Morgan fingerprint density at radius 3 is 2.77 bits per heavy atom. The van der Waals surface area contributed by atoms with Gasteiger partial charge in [0.05, 0.1) is 18.4 Å². The molecule has 0 amide bonds. The molecule has 0 radical (unpaired) electrons. The number of ether oxygens (including phenoxy) is 1. The highest BCUT2D eigenvalue weighted by Crippen LogP contribution is 2.27. The van der Waals surface area contributed by atoms with Gasteiger partial charge >= 0.3 is 5.69 Å². The average molecular weight is 356 g/mol. The molecule has 0 bridgehead atoms. The second-order valence-electron chi connectivity index (χ2n) is 5.80. The number of hydrogen-bond donors (Lipinski definition) is 3. The molecule has 8 nitrogen and oxygen atoms in total. The van der Waals surface area contributed by atoms with E-state index in [1.807, 2.05) is 31.2 Å². The number of aromatic hydroxyl groups is 1. The summed E-state index contributed by atoms with van der Waals surface area (Å²) in [6.07, 6.45) is 1.86. The van der Waals surface area contributed by atoms with Crippen LogP contribution in [0, 0.1) is 0 Å². The first-order chi connectivity index (χ1) is 12.5. The number of allylic oxidation sites excluding steroid dienone is 1. The van der Waals surface area contributed by atoms with Crippen molar-refractivity contribution in [3.05, 3.63) is 68.9 Å². The Kier molecular flexibility index (Phi) is 4.92. The van der Waals surface area contributed by atoms with E-state index in [1.54, 1.807) is 0 Å². The number of H-pyrrole nitrogens is 1. The lowest BCUT2D eigenvalue weighted by atomic mass is 10.00. The highest BCUT2D eigenvalue weighted by atomic mass is 16.5. The Balaban J connectivity index is 1.87. The molecule has 136 valence electrons. The molecule has 1 aromatic carbocycles. The normalized spacial score (nSPS) is 16.0. The second kappa shape index (κ2) is 7.30. The number of aromatic amines is 1. The Hall–Kier alpha value is -3.29. The summed E-state index contributed by atoms with van der Waals surface area (Å²) in [6, 6.07) is 7.44. The van der Waals surface area contributed by atoms with Gasteiger partial charge in [0.1, 0.15) is 11.3 Å². The van der Waals surface area contributed by atoms with Gasteiger partial charge in [0.25, 0.3) is 5.56 Å². The molecule has 1 atom stereocenters. The predicted octanol–water partition coefficient (Wildman–Crippen LogP) is 1.27. The van der Waals surface area contributed by atoms with Gasteiger partial charge in [-0.2, -0.15) is 5.10 Å². The summed E-state index contributed by atoms with van der Waals surface area (Å²) in [4.78, 5) is 26.2. The minimum Gasteiger partial charge on any atom is -0.494 e. The molecule has 0 aliphatic carbocycles. The zero-order valence-electron chi connectivity index (χ0n) is 14.4. The minimum absolute atomic E-state index is 0.00705. The maximum atomic E-state index is 12.2. The van der Waals surface area contributed by atoms with Crippen LogP contribution in [-0.2, 0) is 6.54 Å². The smallest absolute Gasteiger partial charge is 0.331 e. The van der Waals surface area contributed by atoms with Crippen molar-refractivity contribution >= 4 is 5.71 Å². The number of hydrazone groups is 1. The molecule has 0 saturated carbocycles. The van der Waals surface area contributed by atoms with Crippen molar-refractivity contribution in [2.45, 2.75) is 25.9 Å². The molecule has 0 saturated heterocycles. The number of nitrogens with one attached hydrogen (secondary N) is 2. The lowest BCUT2D eigenvalue weighted by molar-refractivity contribution is 0.340. The van der Waals surface area contributed by atoms with E-state index in [1.165, 1.54) is 6.08 Å². The van der Waals surface area contributed by atoms with Crippen LogP contribution >= 0.6 is 0 Å². The van der Waals surface area contributed by atoms with Crippen LogP contribution in [0.25, 0.3) is 0 Å². The number of rotatable bonds is 6. The molecular weight excluding hydrogens is 336 g/mol. The first-order valence-electron chi connectivity index (χ1n) is 8.27. The van der Waals surface area contributed by atoms with Crippen LogP contribution in [0.15, 0.2) is 51.6 Å². The number of benzene rings is 1. The van der Waals surface area contributed by atoms with E-state index < -0.39 is 17.1 Å². The summed E-state index contributed by atoms with van der Waals surface area (Å²) in [5.41, 5.74) is 2.97. The van der Waals surface area contributed by atoms with Crippen molar-refractivity contribution in [2.75, 3.05) is 6.61 Å². The lowest BCUT2D eigenvalue weighted by Gasteiger charge is -2.12. The lowest BCUT2D eigenvalue weighted by Crippen LogP contribution is -2.33. The number of hydrogen-bond acceptors (Lipinski definition) is 6. The van der Waals surface area contributed by atoms with Crippen LogP contribution in [0.4, 0.5) is 0 Å². The van der Waals surface area contributed by atoms with E-state index in [4.69, 9.17) is 4.74 Å². The van der Waals surface area contributed by atoms with Crippen LogP contribution in [0.1, 0.15) is 30.5 Å². The van der Waals surface area contributed by atoms with Crippen LogP contribution in [-0.4, -0.2) is 27.0 Å². The Labute approximate surface area is 149 Å². The first-order valence-corrected chi connectivity index (χ1v) is 8.27. The van der Waals surface area contributed by atoms with E-state index in [9.17, 15) is 14.7 Å². The molecular formula is C18H20N4O4. The Bertz CT molecular complexity index is 957. The van der Waals surface area contributed by atoms with Gasteiger partial charge in [0.2, 0.25) is 5.88 Å². The van der Waals surface area contributed by atoms with Gasteiger partial charge in [-0.25, -0.2) is 4.79 Å². The quantitative estimate of drug-likeness (QED) is 0.675. The summed E-state index contributed by atoms with van der Waals surface area (Å²) < 4.78 is 6.46. The zero-order chi connectivity index (χ0) is 18.7. The Morgan fingerprint density at radius 1 is 1.38 bits per heavy atom. The third kappa shape index (κ3) is 3.26. The number of aromatic nitrogens is 2. The van der Waals surface area contributed by atoms with Gasteiger partial charge in [-0.05, 0) is 24.6 Å². The summed E-state index contributed by atoms with van der Waals surface area (Å²) in [7, 11) is 0. The summed E-state index contributed by atoms with van der Waals surface area (Å²) in [5.74, 6) is 0.368. The van der Waals surface area contributed by atoms with Gasteiger partial charge in [0.15, 0.2) is 0 Å². The first kappa shape index (κ1) is 17.5. The van der Waals surface area contributed by atoms with E-state index in [0.29, 0.717) is 18.7 Å². The largest absolute Gasteiger partial charge is 0.494 e. The fourth-order valence-electron chi connectivity index (χ4n) is 2.87. The highest BCUT2D eigenvalue weighted by molar-refractivity contribution is 6.03. The van der Waals surface area contributed by atoms with Crippen LogP contribution < -0.4 is 21.4 Å². The second-order valence-corrected chi connectivity index (χ2v) is 5.80. The van der Waals surface area contributed by atoms with Crippen molar-refractivity contribution < 1.29 is 9.84 Å². The number of nitrogens with zero attached hydrogens (tertiary/aromatic N) is 2.